The molecular formula is C34H35F3N6O2S. The number of ether oxygens (including phenoxy) is 1. The molecule has 8 nitrogen and oxygen atoms in total. The number of hydrogen-bond donors (Lipinski definition) is 1. The quantitative estimate of drug-likeness (QED) is 0.230. The van der Waals surface area contributed by atoms with Crippen LogP contribution >= 0.6 is 11.8 Å². The highest BCUT2D eigenvalue weighted by Crippen LogP contribution is 2.36. The van der Waals surface area contributed by atoms with Gasteiger partial charge in [0.05, 0.1) is 5.69 Å². The summed E-state index contributed by atoms with van der Waals surface area (Å²) in [5, 5.41) is 8.38. The third kappa shape index (κ3) is 7.06. The zero-order chi connectivity index (χ0) is 32.6. The number of amides is 2. The smallest absolute Gasteiger partial charge is 0.406 e. The maximum Gasteiger partial charge on any atom is 0.573 e. The lowest BCUT2D eigenvalue weighted by Gasteiger charge is -2.37. The number of fused-ring (bicyclic) bond motifs is 1. The molecule has 1 aromatic heterocycles. The van der Waals surface area contributed by atoms with Crippen LogP contribution in [0.4, 0.5) is 23.7 Å². The Morgan fingerprint density at radius 1 is 1.07 bits per heavy atom. The molecular weight excluding hydrogens is 613 g/mol. The predicted octanol–water partition coefficient (Wildman–Crippen LogP) is 7.83. The number of thioether (sulfide) groups is 1. The number of nitrogens with zero attached hydrogens (tertiary/aromatic N) is 5. The van der Waals surface area contributed by atoms with Crippen molar-refractivity contribution in [2.75, 3.05) is 10.7 Å². The van der Waals surface area contributed by atoms with E-state index < -0.39 is 6.36 Å². The lowest BCUT2D eigenvalue weighted by molar-refractivity contribution is -0.274. The zero-order valence-electron chi connectivity index (χ0n) is 26.0. The molecule has 2 aliphatic rings. The largest absolute Gasteiger partial charge is 0.573 e. The Kier molecular flexibility index (Phi) is 8.82. The Hall–Kier alpha value is -4.32. The van der Waals surface area contributed by atoms with Crippen molar-refractivity contribution >= 4 is 28.6 Å². The fourth-order valence-electron chi connectivity index (χ4n) is 5.96. The van der Waals surface area contributed by atoms with Crippen LogP contribution in [0.1, 0.15) is 55.4 Å². The zero-order valence-corrected chi connectivity index (χ0v) is 26.8. The molecule has 1 fully saturated rings. The standard InChI is InChI=1S/C34H35F3N6O2S/c1-20(2)29-12-5-21(3)15-30(29)43-22(4)13-14-46-33(43)40-32(44)39-26-17-23-6-7-24(16-25(23)18-26)31-38-19-42(41-31)27-8-10-28(11-9-27)45-34(35,36)37/h5-12,15-16,19-20,22,26H,13-14,17-18H2,1-4H3,(H,39,44)/b40-33-. The summed E-state index contributed by atoms with van der Waals surface area (Å²) in [5.41, 5.74) is 7.13. The van der Waals surface area contributed by atoms with Gasteiger partial charge in [0, 0.05) is 29.1 Å². The molecule has 1 aliphatic carbocycles. The van der Waals surface area contributed by atoms with E-state index in [9.17, 15) is 18.0 Å². The van der Waals surface area contributed by atoms with E-state index in [1.807, 2.05) is 18.2 Å². The molecule has 1 saturated heterocycles. The number of anilines is 1. The first-order valence-corrected chi connectivity index (χ1v) is 16.2. The molecule has 1 aliphatic heterocycles. The van der Waals surface area contributed by atoms with Crippen LogP contribution in [0, 0.1) is 6.92 Å². The number of rotatable bonds is 6. The summed E-state index contributed by atoms with van der Waals surface area (Å²) in [6.45, 7) is 8.64. The molecule has 12 heteroatoms. The molecule has 0 bridgehead atoms. The van der Waals surface area contributed by atoms with Crippen LogP contribution in [0.5, 0.6) is 5.75 Å². The van der Waals surface area contributed by atoms with Crippen molar-refractivity contribution < 1.29 is 22.7 Å². The van der Waals surface area contributed by atoms with E-state index in [4.69, 9.17) is 0 Å². The molecule has 2 heterocycles. The fourth-order valence-corrected chi connectivity index (χ4v) is 7.16. The molecule has 3 aromatic carbocycles. The molecule has 2 unspecified atom stereocenters. The van der Waals surface area contributed by atoms with Crippen LogP contribution in [0.3, 0.4) is 0 Å². The van der Waals surface area contributed by atoms with E-state index in [1.54, 1.807) is 11.8 Å². The lowest BCUT2D eigenvalue weighted by atomic mass is 9.98. The number of urea groups is 1. The monoisotopic (exact) mass is 648 g/mol. The summed E-state index contributed by atoms with van der Waals surface area (Å²) in [6.07, 6.45) is -0.877. The van der Waals surface area contributed by atoms with Gasteiger partial charge in [-0.25, -0.2) is 14.5 Å². The highest BCUT2D eigenvalue weighted by Gasteiger charge is 2.31. The average Bonchev–Trinajstić information content (AvgIpc) is 3.63. The van der Waals surface area contributed by atoms with Crippen molar-refractivity contribution in [1.82, 2.24) is 20.1 Å². The molecule has 2 atom stereocenters. The predicted molar refractivity (Wildman–Crippen MR) is 175 cm³/mol. The summed E-state index contributed by atoms with van der Waals surface area (Å²) in [7, 11) is 0. The van der Waals surface area contributed by atoms with Crippen LogP contribution < -0.4 is 15.0 Å². The number of carbonyl (C=O) groups is 1. The van der Waals surface area contributed by atoms with Gasteiger partial charge in [-0.15, -0.1) is 18.3 Å². The van der Waals surface area contributed by atoms with Gasteiger partial charge in [0.2, 0.25) is 0 Å². The van der Waals surface area contributed by atoms with Gasteiger partial charge in [0.15, 0.2) is 11.0 Å². The van der Waals surface area contributed by atoms with E-state index in [0.717, 1.165) is 39.7 Å². The van der Waals surface area contributed by atoms with E-state index >= 15 is 0 Å². The Morgan fingerprint density at radius 2 is 1.83 bits per heavy atom. The van der Waals surface area contributed by atoms with E-state index in [-0.39, 0.29) is 23.9 Å². The Morgan fingerprint density at radius 3 is 2.57 bits per heavy atom. The van der Waals surface area contributed by atoms with Crippen molar-refractivity contribution in [3.63, 3.8) is 0 Å². The van der Waals surface area contributed by atoms with Gasteiger partial charge in [0.1, 0.15) is 12.1 Å². The highest BCUT2D eigenvalue weighted by molar-refractivity contribution is 8.14. The van der Waals surface area contributed by atoms with Gasteiger partial charge in [0.25, 0.3) is 0 Å². The minimum absolute atomic E-state index is 0.0882. The SMILES string of the molecule is Cc1ccc(C(C)C)c(N2/C(=N/C(=O)NC3Cc4ccc(-c5ncn(-c6ccc(OC(F)(F)F)cc6)n5)cc4C3)SCCC2C)c1. The van der Waals surface area contributed by atoms with Crippen molar-refractivity contribution in [2.45, 2.75) is 71.3 Å². The number of hydrogen-bond acceptors (Lipinski definition) is 5. The van der Waals surface area contributed by atoms with Gasteiger partial charge in [-0.05, 0) is 97.7 Å². The van der Waals surface area contributed by atoms with Crippen molar-refractivity contribution in [1.29, 1.82) is 0 Å². The van der Waals surface area contributed by atoms with Crippen LogP contribution in [-0.4, -0.2) is 50.2 Å². The highest BCUT2D eigenvalue weighted by atomic mass is 32.2. The van der Waals surface area contributed by atoms with E-state index in [2.05, 4.69) is 75.9 Å². The summed E-state index contributed by atoms with van der Waals surface area (Å²) in [5.74, 6) is 1.42. The van der Waals surface area contributed by atoms with Gasteiger partial charge in [-0.3, -0.25) is 0 Å². The number of aromatic nitrogens is 3. The number of carbonyl (C=O) groups excluding carboxylic acids is 1. The third-order valence-electron chi connectivity index (χ3n) is 8.23. The molecule has 6 rings (SSSR count). The first-order chi connectivity index (χ1) is 21.9. The number of benzene rings is 3. The second-order valence-electron chi connectivity index (χ2n) is 12.1. The molecule has 1 N–H and O–H groups in total. The molecule has 4 aromatic rings. The van der Waals surface area contributed by atoms with Crippen LogP contribution in [-0.2, 0) is 12.8 Å². The van der Waals surface area contributed by atoms with E-state index in [0.29, 0.717) is 30.3 Å². The van der Waals surface area contributed by atoms with Gasteiger partial charge in [-0.2, -0.15) is 4.99 Å². The number of nitrogens with one attached hydrogen (secondary N) is 1. The van der Waals surface area contributed by atoms with Gasteiger partial charge < -0.3 is 15.0 Å². The molecule has 46 heavy (non-hydrogen) atoms. The molecule has 0 spiro atoms. The molecule has 240 valence electrons. The topological polar surface area (TPSA) is 84.6 Å². The summed E-state index contributed by atoms with van der Waals surface area (Å²) in [6, 6.07) is 17.7. The van der Waals surface area contributed by atoms with Gasteiger partial charge >= 0.3 is 12.4 Å². The maximum absolute atomic E-state index is 13.3. The summed E-state index contributed by atoms with van der Waals surface area (Å²) >= 11 is 1.62. The Labute approximate surface area is 270 Å². The number of alkyl halides is 3. The van der Waals surface area contributed by atoms with Crippen molar-refractivity contribution in [3.8, 4) is 22.8 Å². The number of amidine groups is 1. The summed E-state index contributed by atoms with van der Waals surface area (Å²) < 4.78 is 42.9. The maximum atomic E-state index is 13.3. The van der Waals surface area contributed by atoms with Crippen LogP contribution in [0.15, 0.2) is 72.0 Å². The van der Waals surface area contributed by atoms with Crippen LogP contribution in [0.2, 0.25) is 0 Å². The molecule has 2 amide bonds. The van der Waals surface area contributed by atoms with Crippen LogP contribution in [0.25, 0.3) is 17.1 Å². The Bertz CT molecular complexity index is 1770. The van der Waals surface area contributed by atoms with Crippen molar-refractivity contribution in [2.24, 2.45) is 4.99 Å². The number of aliphatic imine (C=N–C) groups is 1. The second kappa shape index (κ2) is 12.8. The lowest BCUT2D eigenvalue weighted by Crippen LogP contribution is -2.43. The van der Waals surface area contributed by atoms with E-state index in [1.165, 1.54) is 46.4 Å². The van der Waals surface area contributed by atoms with Crippen molar-refractivity contribution in [3.05, 3.63) is 89.2 Å². The summed E-state index contributed by atoms with van der Waals surface area (Å²) in [4.78, 5) is 24.5. The first kappa shape index (κ1) is 31.7. The van der Waals surface area contributed by atoms with Gasteiger partial charge in [-0.1, -0.05) is 49.9 Å². The number of halogens is 3. The number of aryl methyl sites for hydroxylation is 1. The molecule has 0 radical (unpaired) electrons. The Balaban J connectivity index is 1.13. The average molecular weight is 649 g/mol. The second-order valence-corrected chi connectivity index (χ2v) is 13.1. The normalized spacial score (nSPS) is 19.0. The fraction of sp³-hybridized carbons (Fsp3) is 0.353. The third-order valence-corrected chi connectivity index (χ3v) is 9.22. The molecule has 0 saturated carbocycles. The minimum Gasteiger partial charge on any atom is -0.406 e. The first-order valence-electron chi connectivity index (χ1n) is 15.3. The minimum atomic E-state index is -4.75.